The van der Waals surface area contributed by atoms with Crippen LogP contribution in [-0.2, 0) is 6.54 Å². The van der Waals surface area contributed by atoms with Gasteiger partial charge in [0.2, 0.25) is 0 Å². The number of aromatic nitrogens is 1. The fraction of sp³-hybridized carbons (Fsp3) is 0.143. The Morgan fingerprint density at radius 2 is 1.73 bits per heavy atom. The van der Waals surface area contributed by atoms with E-state index in [1.165, 1.54) is 0 Å². The lowest BCUT2D eigenvalue weighted by Crippen LogP contribution is -2.24. The minimum atomic E-state index is -0.223. The quantitative estimate of drug-likeness (QED) is 0.681. The minimum Gasteiger partial charge on any atom is -0.347 e. The molecule has 5 heteroatoms. The highest BCUT2D eigenvalue weighted by Gasteiger charge is 2.11. The largest absolute Gasteiger partial charge is 0.347 e. The number of anilines is 2. The lowest BCUT2D eigenvalue weighted by Gasteiger charge is -2.22. The van der Waals surface area contributed by atoms with Crippen molar-refractivity contribution in [1.29, 1.82) is 0 Å². The molecule has 0 spiro atoms. The van der Waals surface area contributed by atoms with Gasteiger partial charge < -0.3 is 10.2 Å². The molecule has 0 radical (unpaired) electrons. The Morgan fingerprint density at radius 3 is 2.38 bits per heavy atom. The van der Waals surface area contributed by atoms with Gasteiger partial charge in [0.1, 0.15) is 5.69 Å². The molecule has 0 fully saturated rings. The van der Waals surface area contributed by atoms with Crippen molar-refractivity contribution in [1.82, 2.24) is 10.3 Å². The van der Waals surface area contributed by atoms with Crippen molar-refractivity contribution >= 4 is 28.9 Å². The molecule has 3 rings (SSSR count). The van der Waals surface area contributed by atoms with E-state index in [2.05, 4.69) is 22.1 Å². The first-order chi connectivity index (χ1) is 12.7. The number of hydrogen-bond acceptors (Lipinski definition) is 3. The molecule has 0 saturated carbocycles. The molecule has 132 valence electrons. The number of benzene rings is 2. The Morgan fingerprint density at radius 1 is 1.00 bits per heavy atom. The second-order valence-electron chi connectivity index (χ2n) is 5.76. The van der Waals surface area contributed by atoms with Crippen LogP contribution in [0.2, 0.25) is 5.02 Å². The average Bonchev–Trinajstić information content (AvgIpc) is 2.69. The Kier molecular flexibility index (Phi) is 5.87. The zero-order chi connectivity index (χ0) is 18.4. The van der Waals surface area contributed by atoms with Gasteiger partial charge in [-0.3, -0.25) is 4.79 Å². The van der Waals surface area contributed by atoms with Crippen molar-refractivity contribution in [2.45, 2.75) is 13.5 Å². The molecule has 1 N–H and O–H groups in total. The molecule has 3 aromatic rings. The molecule has 26 heavy (non-hydrogen) atoms. The number of nitrogens with zero attached hydrogens (tertiary/aromatic N) is 2. The van der Waals surface area contributed by atoms with Crippen LogP contribution in [0, 0.1) is 0 Å². The molecule has 2 aromatic carbocycles. The second-order valence-corrected chi connectivity index (χ2v) is 6.16. The maximum atomic E-state index is 12.3. The summed E-state index contributed by atoms with van der Waals surface area (Å²) in [5, 5.41) is 3.49. The van der Waals surface area contributed by atoms with Crippen LogP contribution in [0.3, 0.4) is 0 Å². The summed E-state index contributed by atoms with van der Waals surface area (Å²) in [6.07, 6.45) is 1.72. The van der Waals surface area contributed by atoms with Crippen LogP contribution in [0.25, 0.3) is 0 Å². The first-order valence-corrected chi connectivity index (χ1v) is 8.87. The third-order valence-electron chi connectivity index (χ3n) is 4.07. The topological polar surface area (TPSA) is 45.2 Å². The highest BCUT2D eigenvalue weighted by atomic mass is 35.5. The van der Waals surface area contributed by atoms with E-state index in [0.29, 0.717) is 17.3 Å². The summed E-state index contributed by atoms with van der Waals surface area (Å²) in [4.78, 5) is 18.8. The zero-order valence-corrected chi connectivity index (χ0v) is 15.3. The van der Waals surface area contributed by atoms with Gasteiger partial charge in [-0.25, -0.2) is 4.98 Å². The lowest BCUT2D eigenvalue weighted by atomic mass is 10.2. The molecule has 0 unspecified atom stereocenters. The first kappa shape index (κ1) is 18.0. The monoisotopic (exact) mass is 365 g/mol. The molecule has 0 aliphatic heterocycles. The van der Waals surface area contributed by atoms with Gasteiger partial charge in [0.05, 0.1) is 11.9 Å². The van der Waals surface area contributed by atoms with E-state index in [4.69, 9.17) is 11.6 Å². The third kappa shape index (κ3) is 4.21. The molecular formula is C21H20ClN3O. The van der Waals surface area contributed by atoms with Crippen LogP contribution >= 0.6 is 11.6 Å². The van der Waals surface area contributed by atoms with Crippen molar-refractivity contribution < 1.29 is 4.79 Å². The van der Waals surface area contributed by atoms with Crippen LogP contribution in [0.5, 0.6) is 0 Å². The summed E-state index contributed by atoms with van der Waals surface area (Å²) in [6, 6.07) is 21.2. The van der Waals surface area contributed by atoms with Gasteiger partial charge in [0, 0.05) is 23.8 Å². The molecule has 1 aromatic heterocycles. The van der Waals surface area contributed by atoms with E-state index in [1.807, 2.05) is 54.6 Å². The van der Waals surface area contributed by atoms with Crippen molar-refractivity contribution in [3.63, 3.8) is 0 Å². The van der Waals surface area contributed by atoms with Gasteiger partial charge in [-0.15, -0.1) is 0 Å². The molecule has 0 aliphatic rings. The summed E-state index contributed by atoms with van der Waals surface area (Å²) in [6.45, 7) is 3.26. The van der Waals surface area contributed by atoms with Crippen molar-refractivity contribution in [3.8, 4) is 0 Å². The van der Waals surface area contributed by atoms with Gasteiger partial charge in [-0.05, 0) is 42.8 Å². The van der Waals surface area contributed by atoms with Gasteiger partial charge >= 0.3 is 0 Å². The van der Waals surface area contributed by atoms with E-state index < -0.39 is 0 Å². The van der Waals surface area contributed by atoms with Crippen LogP contribution < -0.4 is 10.2 Å². The number of para-hydroxylation sites is 1. The smallest absolute Gasteiger partial charge is 0.270 e. The summed E-state index contributed by atoms with van der Waals surface area (Å²) in [5.41, 5.74) is 3.29. The first-order valence-electron chi connectivity index (χ1n) is 8.49. The number of amides is 1. The predicted octanol–water partition coefficient (Wildman–Crippen LogP) is 4.82. The zero-order valence-electron chi connectivity index (χ0n) is 14.5. The standard InChI is InChI=1S/C21H20ClN3O/c1-2-25(17-9-4-3-5-10-17)18-12-13-20(23-15-18)21(26)24-14-16-8-6-7-11-19(16)22/h3-13,15H,2,14H2,1H3,(H,24,26). The number of rotatable bonds is 6. The number of pyridine rings is 1. The van der Waals surface area contributed by atoms with Gasteiger partial charge in [0.25, 0.3) is 5.91 Å². The SMILES string of the molecule is CCN(c1ccccc1)c1ccc(C(=O)NCc2ccccc2Cl)nc1. The molecule has 0 atom stereocenters. The van der Waals surface area contributed by atoms with Gasteiger partial charge in [-0.2, -0.15) is 0 Å². The molecule has 0 saturated heterocycles. The van der Waals surface area contributed by atoms with Crippen LogP contribution in [0.15, 0.2) is 72.9 Å². The Bertz CT molecular complexity index is 866. The molecule has 0 aliphatic carbocycles. The number of carbonyl (C=O) groups is 1. The molecule has 4 nitrogen and oxygen atoms in total. The Labute approximate surface area is 158 Å². The van der Waals surface area contributed by atoms with Gasteiger partial charge in [0.15, 0.2) is 0 Å². The maximum absolute atomic E-state index is 12.3. The van der Waals surface area contributed by atoms with Crippen molar-refractivity contribution in [2.75, 3.05) is 11.4 Å². The normalized spacial score (nSPS) is 10.4. The van der Waals surface area contributed by atoms with E-state index in [9.17, 15) is 4.79 Å². The maximum Gasteiger partial charge on any atom is 0.270 e. The van der Waals surface area contributed by atoms with Crippen molar-refractivity contribution in [3.05, 3.63) is 89.2 Å². The fourth-order valence-corrected chi connectivity index (χ4v) is 2.91. The fourth-order valence-electron chi connectivity index (χ4n) is 2.71. The average molecular weight is 366 g/mol. The van der Waals surface area contributed by atoms with E-state index >= 15 is 0 Å². The highest BCUT2D eigenvalue weighted by molar-refractivity contribution is 6.31. The highest BCUT2D eigenvalue weighted by Crippen LogP contribution is 2.24. The summed E-state index contributed by atoms with van der Waals surface area (Å²) in [5.74, 6) is -0.223. The second kappa shape index (κ2) is 8.50. The summed E-state index contributed by atoms with van der Waals surface area (Å²) in [7, 11) is 0. The Hall–Kier alpha value is -2.85. The molecule has 1 amide bonds. The van der Waals surface area contributed by atoms with E-state index in [1.54, 1.807) is 18.3 Å². The Balaban J connectivity index is 1.68. The third-order valence-corrected chi connectivity index (χ3v) is 4.44. The summed E-state index contributed by atoms with van der Waals surface area (Å²) < 4.78 is 0. The molecule has 1 heterocycles. The number of nitrogens with one attached hydrogen (secondary N) is 1. The van der Waals surface area contributed by atoms with Gasteiger partial charge in [-0.1, -0.05) is 48.0 Å². The number of carbonyl (C=O) groups excluding carboxylic acids is 1. The number of hydrogen-bond donors (Lipinski definition) is 1. The number of halogens is 1. The van der Waals surface area contributed by atoms with Crippen LogP contribution in [0.1, 0.15) is 23.0 Å². The van der Waals surface area contributed by atoms with E-state index in [0.717, 1.165) is 23.5 Å². The molecular weight excluding hydrogens is 346 g/mol. The van der Waals surface area contributed by atoms with E-state index in [-0.39, 0.29) is 5.91 Å². The molecule has 0 bridgehead atoms. The lowest BCUT2D eigenvalue weighted by molar-refractivity contribution is 0.0946. The predicted molar refractivity (Wildman–Crippen MR) is 106 cm³/mol. The van der Waals surface area contributed by atoms with Crippen molar-refractivity contribution in [2.24, 2.45) is 0 Å². The van der Waals surface area contributed by atoms with Crippen LogP contribution in [0.4, 0.5) is 11.4 Å². The van der Waals surface area contributed by atoms with Crippen LogP contribution in [-0.4, -0.2) is 17.4 Å². The summed E-state index contributed by atoms with van der Waals surface area (Å²) >= 11 is 6.11. The minimum absolute atomic E-state index is 0.223.